The van der Waals surface area contributed by atoms with E-state index in [0.29, 0.717) is 5.92 Å². The number of benzene rings is 1. The zero-order chi connectivity index (χ0) is 14.8. The van der Waals surface area contributed by atoms with Gasteiger partial charge in [-0.1, -0.05) is 37.3 Å². The van der Waals surface area contributed by atoms with Crippen molar-refractivity contribution in [1.29, 1.82) is 0 Å². The predicted octanol–water partition coefficient (Wildman–Crippen LogP) is 2.80. The first-order valence-corrected chi connectivity index (χ1v) is 7.29. The molecule has 3 atom stereocenters. The van der Waals surface area contributed by atoms with Crippen LogP contribution in [0.3, 0.4) is 0 Å². The van der Waals surface area contributed by atoms with Crippen LogP contribution < -0.4 is 0 Å². The Morgan fingerprint density at radius 1 is 1.24 bits per heavy atom. The Morgan fingerprint density at radius 2 is 1.90 bits per heavy atom. The molecule has 0 unspecified atom stereocenters. The second kappa shape index (κ2) is 5.64. The van der Waals surface area contributed by atoms with Crippen LogP contribution in [0, 0.1) is 5.92 Å². The zero-order valence-electron chi connectivity index (χ0n) is 12.3. The van der Waals surface area contributed by atoms with Gasteiger partial charge in [0, 0.05) is 24.5 Å². The molecule has 0 saturated carbocycles. The lowest BCUT2D eigenvalue weighted by atomic mass is 9.83. The second-order valence-electron chi connectivity index (χ2n) is 5.72. The largest absolute Gasteiger partial charge is 0.334 e. The minimum absolute atomic E-state index is 0.150. The number of aromatic nitrogens is 2. The Morgan fingerprint density at radius 3 is 2.52 bits per heavy atom. The number of carbonyl (C=O) groups excluding carboxylic acids is 1. The van der Waals surface area contributed by atoms with Crippen LogP contribution in [0.2, 0.25) is 0 Å². The number of amides is 1. The lowest BCUT2D eigenvalue weighted by molar-refractivity contribution is -0.144. The fourth-order valence-corrected chi connectivity index (χ4v) is 3.00. The Kier molecular flexibility index (Phi) is 3.69. The average Bonchev–Trinajstić information content (AvgIpc) is 2.53. The number of hydrogen-bond acceptors (Lipinski definition) is 3. The van der Waals surface area contributed by atoms with Gasteiger partial charge in [0.15, 0.2) is 0 Å². The molecule has 2 aromatic rings. The SMILES string of the molecule is C[C@H](C(=O)N1C[C@@H](C)[C@H]1c1ccccc1)c1cncnc1. The van der Waals surface area contributed by atoms with Crippen LogP contribution in [-0.2, 0) is 4.79 Å². The van der Waals surface area contributed by atoms with Crippen molar-refractivity contribution in [2.24, 2.45) is 5.92 Å². The molecule has 2 heterocycles. The minimum atomic E-state index is -0.204. The van der Waals surface area contributed by atoms with E-state index >= 15 is 0 Å². The van der Waals surface area contributed by atoms with Crippen LogP contribution in [0.25, 0.3) is 0 Å². The summed E-state index contributed by atoms with van der Waals surface area (Å²) in [6, 6.07) is 10.4. The summed E-state index contributed by atoms with van der Waals surface area (Å²) in [5.41, 5.74) is 2.08. The van der Waals surface area contributed by atoms with Gasteiger partial charge < -0.3 is 4.90 Å². The first-order valence-electron chi connectivity index (χ1n) is 7.29. The van der Waals surface area contributed by atoms with Crippen LogP contribution in [0.5, 0.6) is 0 Å². The smallest absolute Gasteiger partial charge is 0.230 e. The van der Waals surface area contributed by atoms with Gasteiger partial charge in [-0.25, -0.2) is 9.97 Å². The highest BCUT2D eigenvalue weighted by Crippen LogP contribution is 2.40. The van der Waals surface area contributed by atoms with E-state index in [1.54, 1.807) is 12.4 Å². The highest BCUT2D eigenvalue weighted by Gasteiger charge is 2.41. The van der Waals surface area contributed by atoms with Crippen molar-refractivity contribution in [2.75, 3.05) is 6.54 Å². The molecule has 0 N–H and O–H groups in total. The number of likely N-dealkylation sites (tertiary alicyclic amines) is 1. The van der Waals surface area contributed by atoms with Crippen molar-refractivity contribution in [2.45, 2.75) is 25.8 Å². The van der Waals surface area contributed by atoms with Crippen molar-refractivity contribution < 1.29 is 4.79 Å². The van der Waals surface area contributed by atoms with Crippen LogP contribution in [0.4, 0.5) is 0 Å². The van der Waals surface area contributed by atoms with E-state index in [9.17, 15) is 4.79 Å². The summed E-state index contributed by atoms with van der Waals surface area (Å²) in [5.74, 6) is 0.442. The summed E-state index contributed by atoms with van der Waals surface area (Å²) in [6.45, 7) is 4.93. The Bertz CT molecular complexity index is 614. The quantitative estimate of drug-likeness (QED) is 0.869. The topological polar surface area (TPSA) is 46.1 Å². The van der Waals surface area contributed by atoms with E-state index in [2.05, 4.69) is 29.0 Å². The molecule has 3 rings (SSSR count). The first kappa shape index (κ1) is 13.7. The molecule has 0 bridgehead atoms. The van der Waals surface area contributed by atoms with Crippen molar-refractivity contribution in [3.63, 3.8) is 0 Å². The van der Waals surface area contributed by atoms with Crippen molar-refractivity contribution in [1.82, 2.24) is 14.9 Å². The lowest BCUT2D eigenvalue weighted by Gasteiger charge is -2.48. The molecule has 1 aliphatic heterocycles. The molecule has 0 spiro atoms. The molecule has 21 heavy (non-hydrogen) atoms. The third-order valence-electron chi connectivity index (χ3n) is 4.23. The van der Waals surface area contributed by atoms with Gasteiger partial charge in [-0.2, -0.15) is 0 Å². The molecule has 108 valence electrons. The standard InChI is InChI=1S/C17H19N3O/c1-12-10-20(16(12)14-6-4-3-5-7-14)17(21)13(2)15-8-18-11-19-9-15/h3-9,11-13,16H,10H2,1-2H3/t12-,13+,16+/m1/s1. The maximum absolute atomic E-state index is 12.7. The third-order valence-corrected chi connectivity index (χ3v) is 4.23. The van der Waals surface area contributed by atoms with Gasteiger partial charge in [0.2, 0.25) is 5.91 Å². The van der Waals surface area contributed by atoms with Crippen molar-refractivity contribution in [3.8, 4) is 0 Å². The van der Waals surface area contributed by atoms with E-state index in [0.717, 1.165) is 12.1 Å². The first-order chi connectivity index (χ1) is 10.2. The van der Waals surface area contributed by atoms with Crippen molar-refractivity contribution in [3.05, 3.63) is 60.2 Å². The molecule has 1 saturated heterocycles. The van der Waals surface area contributed by atoms with E-state index in [1.807, 2.05) is 30.0 Å². The van der Waals surface area contributed by atoms with E-state index < -0.39 is 0 Å². The zero-order valence-corrected chi connectivity index (χ0v) is 12.3. The maximum Gasteiger partial charge on any atom is 0.230 e. The summed E-state index contributed by atoms with van der Waals surface area (Å²) in [5, 5.41) is 0. The summed E-state index contributed by atoms with van der Waals surface area (Å²) >= 11 is 0. The number of rotatable bonds is 3. The molecular formula is C17H19N3O. The third kappa shape index (κ3) is 2.53. The molecule has 1 aliphatic rings. The van der Waals surface area contributed by atoms with Gasteiger partial charge in [0.1, 0.15) is 6.33 Å². The Hall–Kier alpha value is -2.23. The molecule has 4 nitrogen and oxygen atoms in total. The van der Waals surface area contributed by atoms with Crippen LogP contribution in [-0.4, -0.2) is 27.3 Å². The molecule has 0 radical (unpaired) electrons. The lowest BCUT2D eigenvalue weighted by Crippen LogP contribution is -2.52. The number of hydrogen-bond donors (Lipinski definition) is 0. The average molecular weight is 281 g/mol. The number of carbonyl (C=O) groups is 1. The van der Waals surface area contributed by atoms with Crippen LogP contribution in [0.1, 0.15) is 36.9 Å². The summed E-state index contributed by atoms with van der Waals surface area (Å²) < 4.78 is 0. The maximum atomic E-state index is 12.7. The molecule has 1 aromatic heterocycles. The molecular weight excluding hydrogens is 262 g/mol. The normalized spacial score (nSPS) is 22.5. The van der Waals surface area contributed by atoms with Gasteiger partial charge in [-0.05, 0) is 18.4 Å². The second-order valence-corrected chi connectivity index (χ2v) is 5.72. The van der Waals surface area contributed by atoms with Gasteiger partial charge in [-0.3, -0.25) is 4.79 Å². The van der Waals surface area contributed by atoms with Gasteiger partial charge in [-0.15, -0.1) is 0 Å². The van der Waals surface area contributed by atoms with Gasteiger partial charge in [0.25, 0.3) is 0 Å². The van der Waals surface area contributed by atoms with E-state index in [4.69, 9.17) is 0 Å². The van der Waals surface area contributed by atoms with Gasteiger partial charge >= 0.3 is 0 Å². The molecule has 0 aliphatic carbocycles. The minimum Gasteiger partial charge on any atom is -0.334 e. The summed E-state index contributed by atoms with van der Waals surface area (Å²) in [4.78, 5) is 22.7. The van der Waals surface area contributed by atoms with Gasteiger partial charge in [0.05, 0.1) is 12.0 Å². The van der Waals surface area contributed by atoms with E-state index in [-0.39, 0.29) is 17.9 Å². The fraction of sp³-hybridized carbons (Fsp3) is 0.353. The molecule has 1 amide bonds. The number of nitrogens with zero attached hydrogens (tertiary/aromatic N) is 3. The molecule has 1 aromatic carbocycles. The van der Waals surface area contributed by atoms with Crippen molar-refractivity contribution >= 4 is 5.91 Å². The monoisotopic (exact) mass is 281 g/mol. The van der Waals surface area contributed by atoms with Crippen LogP contribution in [0.15, 0.2) is 49.1 Å². The Labute approximate surface area is 124 Å². The highest BCUT2D eigenvalue weighted by atomic mass is 16.2. The van der Waals surface area contributed by atoms with Crippen LogP contribution >= 0.6 is 0 Å². The van der Waals surface area contributed by atoms with E-state index in [1.165, 1.54) is 11.9 Å². The Balaban J connectivity index is 1.79. The molecule has 1 fully saturated rings. The summed E-state index contributed by atoms with van der Waals surface area (Å²) in [7, 11) is 0. The predicted molar refractivity (Wildman–Crippen MR) is 80.5 cm³/mol. The highest BCUT2D eigenvalue weighted by molar-refractivity contribution is 5.84. The summed E-state index contributed by atoms with van der Waals surface area (Å²) in [6.07, 6.45) is 4.92. The molecule has 4 heteroatoms. The fourth-order valence-electron chi connectivity index (χ4n) is 3.00.